The molecule has 0 saturated carbocycles. The van der Waals surface area contributed by atoms with E-state index in [4.69, 9.17) is 0 Å². The molecule has 0 bridgehead atoms. The number of aromatic hydroxyl groups is 1. The standard InChI is InChI=1S/C25H27NO2S/c1-4-14-25(5-2,6-3)17-9-7-16(8-10-17)21-20(27)12-11-19-22(21)18-13-15-29-23(18)24(28)26-19/h7-13,15,27H,4-6,14H2,1-3H3,(H,26,28). The van der Waals surface area contributed by atoms with Crippen LogP contribution in [-0.2, 0) is 5.41 Å². The molecule has 0 unspecified atom stereocenters. The van der Waals surface area contributed by atoms with Gasteiger partial charge in [0.15, 0.2) is 0 Å². The summed E-state index contributed by atoms with van der Waals surface area (Å²) in [5.74, 6) is 0.232. The van der Waals surface area contributed by atoms with Gasteiger partial charge in [-0.15, -0.1) is 11.3 Å². The molecule has 0 atom stereocenters. The van der Waals surface area contributed by atoms with Gasteiger partial charge in [0, 0.05) is 21.9 Å². The number of fused-ring (bicyclic) bond motifs is 3. The minimum absolute atomic E-state index is 0.0790. The average Bonchev–Trinajstić information content (AvgIpc) is 3.24. The Bertz CT molecular complexity index is 1210. The molecule has 2 heterocycles. The zero-order chi connectivity index (χ0) is 20.6. The lowest BCUT2D eigenvalue weighted by Gasteiger charge is -2.32. The van der Waals surface area contributed by atoms with E-state index in [1.54, 1.807) is 12.1 Å². The van der Waals surface area contributed by atoms with Gasteiger partial charge in [0.2, 0.25) is 0 Å². The zero-order valence-electron chi connectivity index (χ0n) is 17.2. The number of hydrogen-bond acceptors (Lipinski definition) is 3. The Balaban J connectivity index is 1.93. The van der Waals surface area contributed by atoms with Crippen LogP contribution in [0.15, 0.2) is 52.6 Å². The topological polar surface area (TPSA) is 53.1 Å². The highest BCUT2D eigenvalue weighted by Crippen LogP contribution is 2.41. The van der Waals surface area contributed by atoms with Gasteiger partial charge in [-0.2, -0.15) is 0 Å². The summed E-state index contributed by atoms with van der Waals surface area (Å²) in [7, 11) is 0. The molecular weight excluding hydrogens is 378 g/mol. The Labute approximate surface area is 175 Å². The number of pyridine rings is 1. The fourth-order valence-corrected chi connectivity index (χ4v) is 5.55. The first-order chi connectivity index (χ1) is 14.0. The maximum Gasteiger partial charge on any atom is 0.266 e. The van der Waals surface area contributed by atoms with Crippen LogP contribution in [0, 0.1) is 0 Å². The molecule has 0 saturated heterocycles. The van der Waals surface area contributed by atoms with Crippen molar-refractivity contribution in [2.24, 2.45) is 0 Å². The minimum atomic E-state index is -0.0790. The highest BCUT2D eigenvalue weighted by Gasteiger charge is 2.27. The van der Waals surface area contributed by atoms with E-state index in [1.165, 1.54) is 23.3 Å². The molecule has 3 nitrogen and oxygen atoms in total. The number of thiophene rings is 1. The molecule has 0 spiro atoms. The normalized spacial score (nSPS) is 12.1. The summed E-state index contributed by atoms with van der Waals surface area (Å²) in [5.41, 5.74) is 3.99. The van der Waals surface area contributed by atoms with Crippen molar-refractivity contribution in [1.82, 2.24) is 4.98 Å². The number of phenolic OH excluding ortho intramolecular Hbond substituents is 1. The largest absolute Gasteiger partial charge is 0.507 e. The van der Waals surface area contributed by atoms with Crippen LogP contribution in [0.1, 0.15) is 52.0 Å². The molecule has 0 radical (unpaired) electrons. The molecule has 0 aliphatic carbocycles. The van der Waals surface area contributed by atoms with Crippen LogP contribution in [0.5, 0.6) is 5.75 Å². The zero-order valence-corrected chi connectivity index (χ0v) is 18.0. The van der Waals surface area contributed by atoms with Crippen molar-refractivity contribution in [2.45, 2.75) is 51.9 Å². The van der Waals surface area contributed by atoms with Crippen LogP contribution < -0.4 is 5.56 Å². The Morgan fingerprint density at radius 1 is 1.00 bits per heavy atom. The summed E-state index contributed by atoms with van der Waals surface area (Å²) in [6.07, 6.45) is 4.58. The van der Waals surface area contributed by atoms with Crippen LogP contribution in [0.25, 0.3) is 32.1 Å². The van der Waals surface area contributed by atoms with Crippen molar-refractivity contribution in [1.29, 1.82) is 0 Å². The van der Waals surface area contributed by atoms with Crippen molar-refractivity contribution < 1.29 is 5.11 Å². The summed E-state index contributed by atoms with van der Waals surface area (Å²) in [5, 5.41) is 14.5. The number of phenols is 1. The smallest absolute Gasteiger partial charge is 0.266 e. The molecule has 150 valence electrons. The first-order valence-corrected chi connectivity index (χ1v) is 11.3. The van der Waals surface area contributed by atoms with Crippen molar-refractivity contribution in [3.8, 4) is 16.9 Å². The van der Waals surface area contributed by atoms with Crippen LogP contribution in [-0.4, -0.2) is 10.1 Å². The molecule has 0 amide bonds. The molecule has 2 aromatic carbocycles. The second-order valence-electron chi connectivity index (χ2n) is 7.81. The van der Waals surface area contributed by atoms with E-state index >= 15 is 0 Å². The number of H-pyrrole nitrogens is 1. The summed E-state index contributed by atoms with van der Waals surface area (Å²) in [6, 6.07) is 14.1. The lowest BCUT2D eigenvalue weighted by atomic mass is 9.72. The first kappa shape index (κ1) is 19.7. The van der Waals surface area contributed by atoms with Gasteiger partial charge in [-0.1, -0.05) is 51.5 Å². The molecule has 4 heteroatoms. The average molecular weight is 406 g/mol. The molecule has 29 heavy (non-hydrogen) atoms. The van der Waals surface area contributed by atoms with Gasteiger partial charge in [0.05, 0.1) is 0 Å². The predicted octanol–water partition coefficient (Wildman–Crippen LogP) is 6.97. The Hall–Kier alpha value is -2.59. The monoisotopic (exact) mass is 405 g/mol. The van der Waals surface area contributed by atoms with Gasteiger partial charge in [-0.05, 0) is 59.4 Å². The summed E-state index contributed by atoms with van der Waals surface area (Å²) < 4.78 is 0.694. The Kier molecular flexibility index (Phi) is 5.22. The van der Waals surface area contributed by atoms with E-state index in [0.29, 0.717) is 4.70 Å². The minimum Gasteiger partial charge on any atom is -0.507 e. The Morgan fingerprint density at radius 2 is 1.72 bits per heavy atom. The molecule has 2 N–H and O–H groups in total. The third-order valence-corrected chi connectivity index (χ3v) is 7.35. The number of nitrogens with one attached hydrogen (secondary N) is 1. The maximum atomic E-state index is 12.4. The van der Waals surface area contributed by atoms with E-state index in [2.05, 4.69) is 50.0 Å². The lowest BCUT2D eigenvalue weighted by molar-refractivity contribution is 0.361. The summed E-state index contributed by atoms with van der Waals surface area (Å²) >= 11 is 1.43. The van der Waals surface area contributed by atoms with Gasteiger partial charge in [-0.3, -0.25) is 4.79 Å². The van der Waals surface area contributed by atoms with Crippen molar-refractivity contribution in [3.63, 3.8) is 0 Å². The fourth-order valence-electron chi connectivity index (χ4n) is 4.75. The molecule has 0 fully saturated rings. The fraction of sp³-hybridized carbons (Fsp3) is 0.320. The molecule has 0 aliphatic rings. The molecule has 2 aromatic heterocycles. The second-order valence-corrected chi connectivity index (χ2v) is 8.73. The number of rotatable bonds is 6. The van der Waals surface area contributed by atoms with Gasteiger partial charge in [0.25, 0.3) is 5.56 Å². The number of benzene rings is 2. The quantitative estimate of drug-likeness (QED) is 0.364. The first-order valence-electron chi connectivity index (χ1n) is 10.4. The molecule has 0 aliphatic heterocycles. The van der Waals surface area contributed by atoms with Gasteiger partial charge in [0.1, 0.15) is 10.4 Å². The third-order valence-electron chi connectivity index (χ3n) is 6.44. The van der Waals surface area contributed by atoms with Crippen molar-refractivity contribution in [2.75, 3.05) is 0 Å². The SMILES string of the molecule is CCCC(CC)(CC)c1ccc(-c2c(O)ccc3[nH]c(=O)c4sccc4c23)cc1. The third kappa shape index (κ3) is 3.16. The van der Waals surface area contributed by atoms with E-state index in [9.17, 15) is 9.90 Å². The highest BCUT2D eigenvalue weighted by atomic mass is 32.1. The van der Waals surface area contributed by atoms with Gasteiger partial charge < -0.3 is 10.1 Å². The van der Waals surface area contributed by atoms with Gasteiger partial charge >= 0.3 is 0 Å². The van der Waals surface area contributed by atoms with Crippen molar-refractivity contribution in [3.05, 3.63) is 63.8 Å². The number of hydrogen-bond donors (Lipinski definition) is 2. The van der Waals surface area contributed by atoms with Crippen LogP contribution in [0.3, 0.4) is 0 Å². The maximum absolute atomic E-state index is 12.4. The summed E-state index contributed by atoms with van der Waals surface area (Å²) in [6.45, 7) is 6.79. The van der Waals surface area contributed by atoms with Crippen LogP contribution in [0.2, 0.25) is 0 Å². The molecule has 4 rings (SSSR count). The number of aromatic nitrogens is 1. The molecule has 4 aromatic rings. The predicted molar refractivity (Wildman–Crippen MR) is 124 cm³/mol. The number of aromatic amines is 1. The lowest BCUT2D eigenvalue weighted by Crippen LogP contribution is -2.24. The Morgan fingerprint density at radius 3 is 2.38 bits per heavy atom. The van der Waals surface area contributed by atoms with Crippen LogP contribution >= 0.6 is 11.3 Å². The van der Waals surface area contributed by atoms with E-state index in [1.807, 2.05) is 11.4 Å². The second kappa shape index (κ2) is 7.68. The molecular formula is C25H27NO2S. The van der Waals surface area contributed by atoms with E-state index < -0.39 is 0 Å². The van der Waals surface area contributed by atoms with Gasteiger partial charge in [-0.25, -0.2) is 0 Å². The van der Waals surface area contributed by atoms with E-state index in [-0.39, 0.29) is 16.7 Å². The summed E-state index contributed by atoms with van der Waals surface area (Å²) in [4.78, 5) is 15.3. The van der Waals surface area contributed by atoms with Crippen molar-refractivity contribution >= 4 is 32.3 Å². The van der Waals surface area contributed by atoms with E-state index in [0.717, 1.165) is 46.7 Å². The van der Waals surface area contributed by atoms with Crippen LogP contribution in [0.4, 0.5) is 0 Å². The highest BCUT2D eigenvalue weighted by molar-refractivity contribution is 7.17.